The Bertz CT molecular complexity index is 2610. The lowest BCUT2D eigenvalue weighted by molar-refractivity contribution is -0.179. The minimum absolute atomic E-state index is 0.0591. The summed E-state index contributed by atoms with van der Waals surface area (Å²) in [5.41, 5.74) is 3.61. The molecule has 5 aromatic rings. The average molecular weight is 841 g/mol. The van der Waals surface area contributed by atoms with Crippen molar-refractivity contribution >= 4 is 29.4 Å². The molecule has 4 aromatic carbocycles. The van der Waals surface area contributed by atoms with Gasteiger partial charge >= 0.3 is 5.97 Å². The highest BCUT2D eigenvalue weighted by atomic mass is 16.6. The Labute approximate surface area is 366 Å². The van der Waals surface area contributed by atoms with Gasteiger partial charge in [0.15, 0.2) is 0 Å². The van der Waals surface area contributed by atoms with E-state index in [-0.39, 0.29) is 25.0 Å². The van der Waals surface area contributed by atoms with E-state index in [1.54, 1.807) is 29.4 Å². The molecule has 0 unspecified atom stereocenters. The largest absolute Gasteiger partial charge is 0.491 e. The normalized spacial score (nSPS) is 25.3. The van der Waals surface area contributed by atoms with Crippen LogP contribution >= 0.6 is 0 Å². The SMILES string of the molecule is O=C1O[C@H](c2ccccc2)[C@H](c2ccccc2)N2[C@H]1[C@@H](C(=O)N1CCN(c3ncccn3)CC1)[C@]1(C(=O)Nc3ccc(C#CC4=CCCCC4)cc31)[C@H]2c1cccc(OCCO)c1. The third-order valence-electron chi connectivity index (χ3n) is 13.2. The first-order chi connectivity index (χ1) is 30.9. The number of nitrogens with one attached hydrogen (secondary N) is 1. The van der Waals surface area contributed by atoms with Gasteiger partial charge in [-0.3, -0.25) is 19.3 Å². The molecule has 0 bridgehead atoms. The second kappa shape index (κ2) is 17.2. The molecule has 1 spiro atoms. The summed E-state index contributed by atoms with van der Waals surface area (Å²) in [5.74, 6) is 5.34. The van der Waals surface area contributed by atoms with Crippen LogP contribution in [0.2, 0.25) is 0 Å². The Morgan fingerprint density at radius 2 is 1.57 bits per heavy atom. The molecule has 3 saturated heterocycles. The molecule has 10 rings (SSSR count). The zero-order valence-electron chi connectivity index (χ0n) is 34.8. The number of allylic oxidation sites excluding steroid dienone is 2. The first-order valence-corrected chi connectivity index (χ1v) is 21.8. The summed E-state index contributed by atoms with van der Waals surface area (Å²) in [5, 5.41) is 13.0. The third kappa shape index (κ3) is 7.21. The molecule has 2 amide bonds. The van der Waals surface area contributed by atoms with Gasteiger partial charge < -0.3 is 29.7 Å². The van der Waals surface area contributed by atoms with Gasteiger partial charge in [-0.25, -0.2) is 9.97 Å². The van der Waals surface area contributed by atoms with Gasteiger partial charge in [0.2, 0.25) is 17.8 Å². The van der Waals surface area contributed by atoms with E-state index >= 15 is 14.4 Å². The standard InChI is InChI=1S/C51H48N6O6/c58-30-31-62-39-19-10-18-38(33-39)46-51(40-32-35(22-23-41(40)54-49(51)61)21-20-34-12-4-1-5-13-34)42(47(59)55-26-28-56(29-27-55)50-52-24-11-25-53-50)44-48(60)63-45(37-16-8-3-9-17-37)43(57(44)46)36-14-6-2-7-15-36/h2-3,6-12,14-19,22-25,32-33,42-46,58H,1,4-5,13,26-31H2,(H,54,61)/t42-,43-,44-,45+,46+,51-/m0/s1. The second-order valence-electron chi connectivity index (χ2n) is 16.7. The fourth-order valence-electron chi connectivity index (χ4n) is 10.5. The fraction of sp³-hybridized carbons (Fsp3) is 0.314. The number of anilines is 2. The van der Waals surface area contributed by atoms with Crippen molar-refractivity contribution in [2.24, 2.45) is 5.92 Å². The summed E-state index contributed by atoms with van der Waals surface area (Å²) in [4.78, 5) is 61.7. The number of piperazine rings is 1. The van der Waals surface area contributed by atoms with Crippen molar-refractivity contribution in [3.05, 3.63) is 161 Å². The maximum absolute atomic E-state index is 15.9. The number of carbonyl (C=O) groups is 3. The summed E-state index contributed by atoms with van der Waals surface area (Å²) in [6.07, 6.45) is 8.95. The average Bonchev–Trinajstić information content (AvgIpc) is 3.82. The van der Waals surface area contributed by atoms with Crippen LogP contribution < -0.4 is 15.0 Å². The highest BCUT2D eigenvalue weighted by Gasteiger charge is 2.74. The fourth-order valence-corrected chi connectivity index (χ4v) is 10.5. The van der Waals surface area contributed by atoms with E-state index in [2.05, 4.69) is 38.1 Å². The molecule has 5 heterocycles. The van der Waals surface area contributed by atoms with Crippen molar-refractivity contribution in [1.82, 2.24) is 19.8 Å². The summed E-state index contributed by atoms with van der Waals surface area (Å²) in [7, 11) is 0. The van der Waals surface area contributed by atoms with E-state index in [9.17, 15) is 5.11 Å². The van der Waals surface area contributed by atoms with Gasteiger partial charge in [-0.15, -0.1) is 0 Å². The molecular formula is C51H48N6O6. The maximum atomic E-state index is 15.9. The monoisotopic (exact) mass is 840 g/mol. The van der Waals surface area contributed by atoms with Gasteiger partial charge in [0.05, 0.1) is 24.6 Å². The molecule has 12 heteroatoms. The van der Waals surface area contributed by atoms with Gasteiger partial charge in [0.25, 0.3) is 0 Å². The minimum atomic E-state index is -1.66. The van der Waals surface area contributed by atoms with Crippen LogP contribution in [0.3, 0.4) is 0 Å². The van der Waals surface area contributed by atoms with Crippen LogP contribution in [0.1, 0.15) is 71.7 Å². The van der Waals surface area contributed by atoms with E-state index in [0.29, 0.717) is 60.3 Å². The lowest BCUT2D eigenvalue weighted by atomic mass is 9.65. The van der Waals surface area contributed by atoms with E-state index in [4.69, 9.17) is 9.47 Å². The van der Waals surface area contributed by atoms with Crippen LogP contribution in [-0.4, -0.2) is 88.1 Å². The van der Waals surface area contributed by atoms with Gasteiger partial charge in [-0.2, -0.15) is 0 Å². The lowest BCUT2D eigenvalue weighted by Crippen LogP contribution is -2.58. The predicted octanol–water partition coefficient (Wildman–Crippen LogP) is 6.32. The molecule has 63 heavy (non-hydrogen) atoms. The molecule has 318 valence electrons. The predicted molar refractivity (Wildman–Crippen MR) is 236 cm³/mol. The Morgan fingerprint density at radius 3 is 2.30 bits per heavy atom. The molecule has 6 atom stereocenters. The molecule has 3 fully saturated rings. The van der Waals surface area contributed by atoms with E-state index in [0.717, 1.165) is 42.4 Å². The summed E-state index contributed by atoms with van der Waals surface area (Å²) in [6.45, 7) is 1.44. The number of morpholine rings is 1. The van der Waals surface area contributed by atoms with Crippen LogP contribution in [0, 0.1) is 17.8 Å². The van der Waals surface area contributed by atoms with Gasteiger partial charge in [-0.1, -0.05) is 90.7 Å². The van der Waals surface area contributed by atoms with Crippen LogP contribution in [-0.2, 0) is 24.5 Å². The number of ether oxygens (including phenoxy) is 2. The third-order valence-corrected chi connectivity index (χ3v) is 13.2. The topological polar surface area (TPSA) is 137 Å². The van der Waals surface area contributed by atoms with Gasteiger partial charge in [0.1, 0.15) is 29.9 Å². The zero-order valence-corrected chi connectivity index (χ0v) is 34.8. The molecule has 5 aliphatic rings. The number of hydrogen-bond acceptors (Lipinski definition) is 10. The number of aliphatic hydroxyl groups is 1. The minimum Gasteiger partial charge on any atom is -0.491 e. The van der Waals surface area contributed by atoms with Crippen molar-refractivity contribution in [2.75, 3.05) is 49.6 Å². The van der Waals surface area contributed by atoms with Gasteiger partial charge in [-0.05, 0) is 89.9 Å². The van der Waals surface area contributed by atoms with Crippen molar-refractivity contribution in [1.29, 1.82) is 0 Å². The van der Waals surface area contributed by atoms with Crippen molar-refractivity contribution in [3.63, 3.8) is 0 Å². The number of nitrogens with zero attached hydrogens (tertiary/aromatic N) is 5. The Hall–Kier alpha value is -6.81. The maximum Gasteiger partial charge on any atom is 0.324 e. The van der Waals surface area contributed by atoms with E-state index < -0.39 is 41.5 Å². The number of carbonyl (C=O) groups excluding carboxylic acids is 3. The molecule has 0 radical (unpaired) electrons. The molecule has 2 N–H and O–H groups in total. The first kappa shape index (κ1) is 40.3. The summed E-state index contributed by atoms with van der Waals surface area (Å²) in [6, 6.07) is 31.7. The molecule has 12 nitrogen and oxygen atoms in total. The van der Waals surface area contributed by atoms with E-state index in [1.165, 1.54) is 0 Å². The van der Waals surface area contributed by atoms with Crippen LogP contribution in [0.25, 0.3) is 0 Å². The lowest BCUT2D eigenvalue weighted by Gasteiger charge is -2.46. The number of fused-ring (bicyclic) bond motifs is 3. The van der Waals surface area contributed by atoms with Crippen molar-refractivity contribution in [2.45, 2.75) is 55.3 Å². The van der Waals surface area contributed by atoms with Crippen molar-refractivity contribution < 1.29 is 29.0 Å². The second-order valence-corrected chi connectivity index (χ2v) is 16.7. The highest BCUT2D eigenvalue weighted by Crippen LogP contribution is 2.65. The van der Waals surface area contributed by atoms with Gasteiger partial charge in [0, 0.05) is 49.8 Å². The molecule has 0 saturated carbocycles. The van der Waals surface area contributed by atoms with Crippen LogP contribution in [0.4, 0.5) is 11.6 Å². The molecule has 1 aromatic heterocycles. The smallest absolute Gasteiger partial charge is 0.324 e. The number of rotatable bonds is 8. The Balaban J connectivity index is 1.20. The number of aromatic nitrogens is 2. The number of cyclic esters (lactones) is 1. The number of esters is 1. The Morgan fingerprint density at radius 1 is 0.825 bits per heavy atom. The quantitative estimate of drug-likeness (QED) is 0.135. The summed E-state index contributed by atoms with van der Waals surface area (Å²) >= 11 is 0. The van der Waals surface area contributed by atoms with Crippen molar-refractivity contribution in [3.8, 4) is 17.6 Å². The highest BCUT2D eigenvalue weighted by molar-refractivity contribution is 6.12. The molecular weight excluding hydrogens is 793 g/mol. The number of aliphatic hydroxyl groups excluding tert-OH is 1. The number of hydrogen-bond donors (Lipinski definition) is 2. The molecule has 4 aliphatic heterocycles. The summed E-state index contributed by atoms with van der Waals surface area (Å²) < 4.78 is 12.6. The number of benzene rings is 4. The van der Waals surface area contributed by atoms with Crippen LogP contribution in [0.15, 0.2) is 133 Å². The number of amides is 2. The van der Waals surface area contributed by atoms with E-state index in [1.807, 2.05) is 102 Å². The first-order valence-electron chi connectivity index (χ1n) is 21.8. The molecule has 1 aliphatic carbocycles. The zero-order chi connectivity index (χ0) is 42.9. The van der Waals surface area contributed by atoms with Crippen LogP contribution in [0.5, 0.6) is 5.75 Å². The Kier molecular flexibility index (Phi) is 11.0.